The average Bonchev–Trinajstić information content (AvgIpc) is 3.35. The second kappa shape index (κ2) is 57.5. The van der Waals surface area contributed by atoms with Crippen molar-refractivity contribution in [2.45, 2.75) is 277 Å². The summed E-state index contributed by atoms with van der Waals surface area (Å²) in [6.45, 7) is 10.3. The fraction of sp³-hybridized carbons (Fsp3) is 0.797. The fourth-order valence-corrected chi connectivity index (χ4v) is 8.57. The standard InChI is InChI=1S/C64H118N2O4/c1-7-10-13-16-19-22-25-28-31-34-37-40-43-46-49-52-56-62(70-64(67)66(6)58-55-57-65(4)5)63(69-60-54-51-48-45-42-39-36-33-30-27-24-21-18-15-12-9-3)61-68-59-53-50-47-44-41-38-35-32-29-26-23-20-17-14-11-8-2/h19-24,28-33,62-63H,7-18,25-27,34-61H2,1-6H3/b22-19-,23-20-,24-21-,31-28-,32-29-,33-30-. The predicted molar refractivity (Wildman–Crippen MR) is 309 cm³/mol. The summed E-state index contributed by atoms with van der Waals surface area (Å²) < 4.78 is 19.4. The van der Waals surface area contributed by atoms with Crippen LogP contribution in [0.2, 0.25) is 0 Å². The normalized spacial score (nSPS) is 13.3. The second-order valence-electron chi connectivity index (χ2n) is 20.5. The van der Waals surface area contributed by atoms with E-state index in [1.807, 2.05) is 7.05 Å². The van der Waals surface area contributed by atoms with Gasteiger partial charge in [-0.2, -0.15) is 0 Å². The minimum atomic E-state index is -0.310. The van der Waals surface area contributed by atoms with Crippen molar-refractivity contribution in [2.24, 2.45) is 0 Å². The Balaban J connectivity index is 5.09. The van der Waals surface area contributed by atoms with Gasteiger partial charge >= 0.3 is 6.09 Å². The number of allylic oxidation sites excluding steroid dienone is 12. The highest BCUT2D eigenvalue weighted by Gasteiger charge is 2.27. The Kier molecular flexibility index (Phi) is 55.5. The Morgan fingerprint density at radius 1 is 0.386 bits per heavy atom. The number of hydrogen-bond acceptors (Lipinski definition) is 5. The molecule has 0 rings (SSSR count). The van der Waals surface area contributed by atoms with E-state index in [4.69, 9.17) is 14.2 Å². The van der Waals surface area contributed by atoms with Crippen LogP contribution in [-0.4, -0.2) is 82.2 Å². The van der Waals surface area contributed by atoms with E-state index >= 15 is 0 Å². The van der Waals surface area contributed by atoms with Crippen LogP contribution in [-0.2, 0) is 14.2 Å². The topological polar surface area (TPSA) is 51.2 Å². The Morgan fingerprint density at radius 2 is 0.743 bits per heavy atom. The molecule has 6 heteroatoms. The highest BCUT2D eigenvalue weighted by Crippen LogP contribution is 2.19. The van der Waals surface area contributed by atoms with Gasteiger partial charge in [-0.05, 0) is 149 Å². The summed E-state index contributed by atoms with van der Waals surface area (Å²) in [4.78, 5) is 17.5. The van der Waals surface area contributed by atoms with E-state index in [1.54, 1.807) is 4.90 Å². The lowest BCUT2D eigenvalue weighted by atomic mass is 10.0. The van der Waals surface area contributed by atoms with Crippen molar-refractivity contribution >= 4 is 6.09 Å². The molecule has 6 nitrogen and oxygen atoms in total. The maximum atomic E-state index is 13.6. The molecule has 2 unspecified atom stereocenters. The molecule has 408 valence electrons. The van der Waals surface area contributed by atoms with E-state index in [0.717, 1.165) is 70.9 Å². The summed E-state index contributed by atoms with van der Waals surface area (Å²) in [5.41, 5.74) is 0. The van der Waals surface area contributed by atoms with E-state index in [-0.39, 0.29) is 18.3 Å². The van der Waals surface area contributed by atoms with E-state index in [9.17, 15) is 4.79 Å². The molecule has 0 aliphatic heterocycles. The lowest BCUT2D eigenvalue weighted by Crippen LogP contribution is -2.41. The van der Waals surface area contributed by atoms with Crippen LogP contribution in [0.4, 0.5) is 4.79 Å². The molecule has 2 atom stereocenters. The molecule has 0 aliphatic carbocycles. The molecule has 0 aromatic heterocycles. The minimum absolute atomic E-state index is 0.240. The van der Waals surface area contributed by atoms with Gasteiger partial charge in [-0.3, -0.25) is 0 Å². The number of ether oxygens (including phenoxy) is 3. The van der Waals surface area contributed by atoms with E-state index in [2.05, 4.69) is 113 Å². The van der Waals surface area contributed by atoms with Crippen molar-refractivity contribution in [2.75, 3.05) is 54.1 Å². The summed E-state index contributed by atoms with van der Waals surface area (Å²) >= 11 is 0. The van der Waals surface area contributed by atoms with Crippen molar-refractivity contribution in [1.82, 2.24) is 9.80 Å². The largest absolute Gasteiger partial charge is 0.443 e. The van der Waals surface area contributed by atoms with Gasteiger partial charge < -0.3 is 24.0 Å². The Labute approximate surface area is 437 Å². The second-order valence-corrected chi connectivity index (χ2v) is 20.5. The molecule has 0 fully saturated rings. The highest BCUT2D eigenvalue weighted by molar-refractivity contribution is 5.67. The molecule has 0 radical (unpaired) electrons. The first-order valence-electron chi connectivity index (χ1n) is 30.1. The van der Waals surface area contributed by atoms with Crippen LogP contribution in [0.25, 0.3) is 0 Å². The van der Waals surface area contributed by atoms with Crippen LogP contribution in [0, 0.1) is 0 Å². The fourth-order valence-electron chi connectivity index (χ4n) is 8.57. The predicted octanol–water partition coefficient (Wildman–Crippen LogP) is 19.6. The van der Waals surface area contributed by atoms with Gasteiger partial charge in [-0.1, -0.05) is 209 Å². The third-order valence-electron chi connectivity index (χ3n) is 13.2. The van der Waals surface area contributed by atoms with Gasteiger partial charge in [-0.15, -0.1) is 0 Å². The Hall–Kier alpha value is -2.41. The van der Waals surface area contributed by atoms with Gasteiger partial charge in [0.15, 0.2) is 0 Å². The molecule has 0 saturated carbocycles. The molecule has 1 amide bonds. The number of carbonyl (C=O) groups is 1. The van der Waals surface area contributed by atoms with Gasteiger partial charge in [0, 0.05) is 26.8 Å². The number of unbranched alkanes of at least 4 members (excludes halogenated alkanes) is 27. The number of nitrogens with zero attached hydrogens (tertiary/aromatic N) is 2. The van der Waals surface area contributed by atoms with Crippen LogP contribution in [0.5, 0.6) is 0 Å². The van der Waals surface area contributed by atoms with Crippen LogP contribution in [0.15, 0.2) is 72.9 Å². The van der Waals surface area contributed by atoms with Crippen molar-refractivity contribution < 1.29 is 19.0 Å². The lowest BCUT2D eigenvalue weighted by Gasteiger charge is -2.29. The van der Waals surface area contributed by atoms with Gasteiger partial charge in [0.1, 0.15) is 12.2 Å². The first kappa shape index (κ1) is 67.6. The number of rotatable bonds is 54. The van der Waals surface area contributed by atoms with Crippen molar-refractivity contribution in [3.63, 3.8) is 0 Å². The summed E-state index contributed by atoms with van der Waals surface area (Å²) in [7, 11) is 6.03. The molecule has 0 saturated heterocycles. The molecule has 0 spiro atoms. The van der Waals surface area contributed by atoms with Gasteiger partial charge in [0.05, 0.1) is 6.61 Å². The molecule has 0 aromatic rings. The van der Waals surface area contributed by atoms with Crippen molar-refractivity contribution in [3.05, 3.63) is 72.9 Å². The number of amides is 1. The first-order chi connectivity index (χ1) is 34.5. The maximum absolute atomic E-state index is 13.6. The summed E-state index contributed by atoms with van der Waals surface area (Å²) in [6, 6.07) is 0. The van der Waals surface area contributed by atoms with Gasteiger partial charge in [0.25, 0.3) is 0 Å². The monoisotopic (exact) mass is 979 g/mol. The Bertz CT molecular complexity index is 1240. The van der Waals surface area contributed by atoms with Crippen molar-refractivity contribution in [1.29, 1.82) is 0 Å². The molecule has 0 bridgehead atoms. The zero-order valence-electron chi connectivity index (χ0n) is 47.5. The van der Waals surface area contributed by atoms with Gasteiger partial charge in [-0.25, -0.2) is 4.79 Å². The SMILES string of the molecule is CCCCC/C=C\C/C=C\CCCCCCCCOCC(OCCCCCCCC/C=C\C/C=C\CCCCC)C(CCCCCCCC/C=C\C/C=C\CCCCC)OC(=O)N(C)CCCN(C)C. The smallest absolute Gasteiger partial charge is 0.409 e. The summed E-state index contributed by atoms with van der Waals surface area (Å²) in [6.07, 6.45) is 73.1. The molecule has 0 heterocycles. The minimum Gasteiger partial charge on any atom is -0.443 e. The lowest BCUT2D eigenvalue weighted by molar-refractivity contribution is -0.0901. The summed E-state index contributed by atoms with van der Waals surface area (Å²) in [5.74, 6) is 0. The first-order valence-corrected chi connectivity index (χ1v) is 30.1. The van der Waals surface area contributed by atoms with E-state index in [1.165, 1.54) is 186 Å². The van der Waals surface area contributed by atoms with Crippen molar-refractivity contribution in [3.8, 4) is 0 Å². The number of hydrogen-bond donors (Lipinski definition) is 0. The number of carbonyl (C=O) groups excluding carboxylic acids is 1. The van der Waals surface area contributed by atoms with Crippen LogP contribution in [0.1, 0.15) is 265 Å². The maximum Gasteiger partial charge on any atom is 0.409 e. The Morgan fingerprint density at radius 3 is 1.14 bits per heavy atom. The van der Waals surface area contributed by atoms with Crippen LogP contribution >= 0.6 is 0 Å². The third kappa shape index (κ3) is 51.9. The molecule has 0 N–H and O–H groups in total. The molecule has 0 aliphatic rings. The van der Waals surface area contributed by atoms with E-state index in [0.29, 0.717) is 19.8 Å². The molecule has 70 heavy (non-hydrogen) atoms. The quantitative estimate of drug-likeness (QED) is 0.0449. The zero-order chi connectivity index (χ0) is 50.9. The van der Waals surface area contributed by atoms with Gasteiger partial charge in [0.2, 0.25) is 0 Å². The van der Waals surface area contributed by atoms with Crippen LogP contribution < -0.4 is 0 Å². The average molecular weight is 980 g/mol. The third-order valence-corrected chi connectivity index (χ3v) is 13.2. The molecule has 0 aromatic carbocycles. The van der Waals surface area contributed by atoms with E-state index < -0.39 is 0 Å². The summed E-state index contributed by atoms with van der Waals surface area (Å²) in [5, 5.41) is 0. The highest BCUT2D eigenvalue weighted by atomic mass is 16.6. The molecular formula is C64H118N2O4. The molecular weight excluding hydrogens is 861 g/mol. The zero-order valence-corrected chi connectivity index (χ0v) is 47.5. The van der Waals surface area contributed by atoms with Crippen LogP contribution in [0.3, 0.4) is 0 Å².